The molecule has 1 aromatic rings. The quantitative estimate of drug-likeness (QED) is 0.852. The zero-order chi connectivity index (χ0) is 14.5. The molecule has 0 radical (unpaired) electrons. The highest BCUT2D eigenvalue weighted by Gasteiger charge is 2.27. The Kier molecular flexibility index (Phi) is 5.44. The molecule has 1 unspecified atom stereocenters. The van der Waals surface area contributed by atoms with Crippen LogP contribution in [0.5, 0.6) is 5.75 Å². The van der Waals surface area contributed by atoms with E-state index in [1.165, 1.54) is 29.9 Å². The molecular weight excluding hydrogens is 282 g/mol. The van der Waals surface area contributed by atoms with Crippen LogP contribution < -0.4 is 4.74 Å². The van der Waals surface area contributed by atoms with Crippen LogP contribution in [0, 0.1) is 0 Å². The maximum atomic E-state index is 5.99. The van der Waals surface area contributed by atoms with E-state index >= 15 is 0 Å². The van der Waals surface area contributed by atoms with Crippen molar-refractivity contribution in [1.29, 1.82) is 0 Å². The lowest BCUT2D eigenvalue weighted by Crippen LogP contribution is -2.49. The fourth-order valence-corrected chi connectivity index (χ4v) is 4.39. The maximum absolute atomic E-state index is 5.99. The lowest BCUT2D eigenvalue weighted by molar-refractivity contribution is -0.0435. The van der Waals surface area contributed by atoms with Crippen LogP contribution in [0.1, 0.15) is 18.4 Å². The van der Waals surface area contributed by atoms with Crippen molar-refractivity contribution in [2.75, 3.05) is 38.3 Å². The van der Waals surface area contributed by atoms with Gasteiger partial charge in [-0.3, -0.25) is 4.90 Å². The summed E-state index contributed by atoms with van der Waals surface area (Å²) < 4.78 is 11.3. The van der Waals surface area contributed by atoms with E-state index in [-0.39, 0.29) is 0 Å². The van der Waals surface area contributed by atoms with E-state index in [1.807, 2.05) is 6.07 Å². The average Bonchev–Trinajstić information content (AvgIpc) is 2.56. The lowest BCUT2D eigenvalue weighted by atomic mass is 10.0. The highest BCUT2D eigenvalue weighted by molar-refractivity contribution is 7.99. The summed E-state index contributed by atoms with van der Waals surface area (Å²) >= 11 is 2.10. The number of hydrogen-bond donors (Lipinski definition) is 0. The lowest BCUT2D eigenvalue weighted by Gasteiger charge is -2.39. The van der Waals surface area contributed by atoms with Gasteiger partial charge in [-0.25, -0.2) is 0 Å². The molecule has 21 heavy (non-hydrogen) atoms. The molecule has 2 aliphatic heterocycles. The molecule has 2 fully saturated rings. The van der Waals surface area contributed by atoms with Crippen LogP contribution in [0.3, 0.4) is 0 Å². The fourth-order valence-electron chi connectivity index (χ4n) is 3.31. The van der Waals surface area contributed by atoms with Crippen molar-refractivity contribution >= 4 is 11.8 Å². The zero-order valence-corrected chi connectivity index (χ0v) is 13.6. The summed E-state index contributed by atoms with van der Waals surface area (Å²) in [7, 11) is 1.72. The van der Waals surface area contributed by atoms with E-state index in [1.54, 1.807) is 7.11 Å². The number of morpholine rings is 1. The largest absolute Gasteiger partial charge is 0.497 e. The Hall–Kier alpha value is -0.710. The Morgan fingerprint density at radius 2 is 2.19 bits per heavy atom. The van der Waals surface area contributed by atoms with Gasteiger partial charge in [0.05, 0.1) is 19.8 Å². The first-order valence-electron chi connectivity index (χ1n) is 7.91. The predicted octanol–water partition coefficient (Wildman–Crippen LogP) is 2.83. The molecule has 2 heterocycles. The molecule has 0 N–H and O–H groups in total. The van der Waals surface area contributed by atoms with E-state index in [4.69, 9.17) is 9.47 Å². The van der Waals surface area contributed by atoms with Gasteiger partial charge in [-0.05, 0) is 42.0 Å². The molecule has 0 aliphatic carbocycles. The van der Waals surface area contributed by atoms with Crippen LogP contribution in [0.4, 0.5) is 0 Å². The van der Waals surface area contributed by atoms with Crippen LogP contribution >= 0.6 is 11.8 Å². The minimum atomic E-state index is 0.320. The van der Waals surface area contributed by atoms with E-state index in [0.717, 1.165) is 37.9 Å². The molecule has 2 aliphatic rings. The van der Waals surface area contributed by atoms with Crippen LogP contribution in [-0.2, 0) is 11.2 Å². The normalized spacial score (nSPS) is 24.9. The average molecular weight is 307 g/mol. The van der Waals surface area contributed by atoms with Crippen LogP contribution in [0.25, 0.3) is 0 Å². The number of nitrogens with zero attached hydrogens (tertiary/aromatic N) is 1. The Labute approximate surface area is 132 Å². The second kappa shape index (κ2) is 7.52. The van der Waals surface area contributed by atoms with E-state index in [2.05, 4.69) is 34.9 Å². The van der Waals surface area contributed by atoms with Crippen molar-refractivity contribution in [3.63, 3.8) is 0 Å². The molecule has 2 saturated heterocycles. The number of benzene rings is 1. The molecule has 0 bridgehead atoms. The number of hydrogen-bond acceptors (Lipinski definition) is 4. The summed E-state index contributed by atoms with van der Waals surface area (Å²) in [5, 5.41) is 0. The van der Waals surface area contributed by atoms with Crippen molar-refractivity contribution in [1.82, 2.24) is 4.90 Å². The third-order valence-corrected chi connectivity index (χ3v) is 5.52. The second-order valence-electron chi connectivity index (χ2n) is 5.89. The van der Waals surface area contributed by atoms with E-state index in [0.29, 0.717) is 6.10 Å². The zero-order valence-electron chi connectivity index (χ0n) is 12.8. The van der Waals surface area contributed by atoms with Crippen LogP contribution in [0.15, 0.2) is 24.3 Å². The molecule has 0 spiro atoms. The highest BCUT2D eigenvalue weighted by atomic mass is 32.2. The van der Waals surface area contributed by atoms with Gasteiger partial charge in [0.15, 0.2) is 0 Å². The molecule has 0 saturated carbocycles. The van der Waals surface area contributed by atoms with Crippen molar-refractivity contribution in [2.45, 2.75) is 31.4 Å². The van der Waals surface area contributed by atoms with Crippen molar-refractivity contribution < 1.29 is 9.47 Å². The molecule has 0 amide bonds. The summed E-state index contributed by atoms with van der Waals surface area (Å²) in [6.45, 7) is 3.05. The smallest absolute Gasteiger partial charge is 0.119 e. The van der Waals surface area contributed by atoms with Gasteiger partial charge in [-0.1, -0.05) is 12.1 Å². The molecule has 3 rings (SSSR count). The molecule has 4 heteroatoms. The van der Waals surface area contributed by atoms with Gasteiger partial charge in [-0.2, -0.15) is 11.8 Å². The molecule has 0 aromatic heterocycles. The molecule has 1 aromatic carbocycles. The van der Waals surface area contributed by atoms with Gasteiger partial charge in [0.1, 0.15) is 5.75 Å². The van der Waals surface area contributed by atoms with Crippen LogP contribution in [-0.4, -0.2) is 55.4 Å². The third kappa shape index (κ3) is 4.15. The Morgan fingerprint density at radius 3 is 3.00 bits per heavy atom. The van der Waals surface area contributed by atoms with Crippen LogP contribution in [0.2, 0.25) is 0 Å². The molecular formula is C17H25NO2S. The standard InChI is InChI=1S/C17H25NO2S/c1-19-16-4-2-3-14(11-16)12-17-13-18(7-8-20-17)15-5-9-21-10-6-15/h2-4,11,15,17H,5-10,12-13H2,1H3. The highest BCUT2D eigenvalue weighted by Crippen LogP contribution is 2.24. The first-order valence-corrected chi connectivity index (χ1v) is 9.07. The number of rotatable bonds is 4. The summed E-state index contributed by atoms with van der Waals surface area (Å²) in [6, 6.07) is 9.13. The number of thioether (sulfide) groups is 1. The molecule has 1 atom stereocenters. The van der Waals surface area contributed by atoms with Gasteiger partial charge < -0.3 is 9.47 Å². The minimum absolute atomic E-state index is 0.320. The van der Waals surface area contributed by atoms with E-state index < -0.39 is 0 Å². The van der Waals surface area contributed by atoms with Gasteiger partial charge in [-0.15, -0.1) is 0 Å². The molecule has 3 nitrogen and oxygen atoms in total. The summed E-state index contributed by atoms with van der Waals surface area (Å²) in [5.41, 5.74) is 1.31. The summed E-state index contributed by atoms with van der Waals surface area (Å²) in [5.74, 6) is 3.58. The van der Waals surface area contributed by atoms with E-state index in [9.17, 15) is 0 Å². The second-order valence-corrected chi connectivity index (χ2v) is 7.11. The number of methoxy groups -OCH3 is 1. The third-order valence-electron chi connectivity index (χ3n) is 4.47. The molecule has 116 valence electrons. The van der Waals surface area contributed by atoms with Crippen molar-refractivity contribution in [3.05, 3.63) is 29.8 Å². The van der Waals surface area contributed by atoms with Crippen molar-refractivity contribution in [2.24, 2.45) is 0 Å². The Balaban J connectivity index is 1.57. The number of ether oxygens (including phenoxy) is 2. The maximum Gasteiger partial charge on any atom is 0.119 e. The Morgan fingerprint density at radius 1 is 1.33 bits per heavy atom. The van der Waals surface area contributed by atoms with Crippen molar-refractivity contribution in [3.8, 4) is 5.75 Å². The first kappa shape index (κ1) is 15.2. The predicted molar refractivity (Wildman–Crippen MR) is 88.4 cm³/mol. The monoisotopic (exact) mass is 307 g/mol. The first-order chi connectivity index (χ1) is 10.3. The summed E-state index contributed by atoms with van der Waals surface area (Å²) in [4.78, 5) is 2.66. The van der Waals surface area contributed by atoms with Gasteiger partial charge in [0.2, 0.25) is 0 Å². The minimum Gasteiger partial charge on any atom is -0.497 e. The topological polar surface area (TPSA) is 21.7 Å². The van der Waals surface area contributed by atoms with Gasteiger partial charge in [0.25, 0.3) is 0 Å². The fraction of sp³-hybridized carbons (Fsp3) is 0.647. The Bertz CT molecular complexity index is 448. The SMILES string of the molecule is COc1cccc(CC2CN(C3CCSCC3)CCO2)c1. The van der Waals surface area contributed by atoms with Gasteiger partial charge >= 0.3 is 0 Å². The van der Waals surface area contributed by atoms with Gasteiger partial charge in [0, 0.05) is 25.6 Å². The summed E-state index contributed by atoms with van der Waals surface area (Å²) in [6.07, 6.45) is 3.99.